The summed E-state index contributed by atoms with van der Waals surface area (Å²) in [5, 5.41) is 21.3. The third-order valence-electron chi connectivity index (χ3n) is 7.29. The van der Waals surface area contributed by atoms with E-state index >= 15 is 0 Å². The Bertz CT molecular complexity index is 967. The van der Waals surface area contributed by atoms with Crippen LogP contribution in [0.15, 0.2) is 0 Å². The van der Waals surface area contributed by atoms with E-state index in [0.29, 0.717) is 0 Å². The largest absolute Gasteiger partial charge is 0.481 e. The van der Waals surface area contributed by atoms with Gasteiger partial charge in [-0.1, -0.05) is 29.2 Å². The molecule has 0 saturated heterocycles. The Morgan fingerprint density at radius 3 is 0.957 bits per heavy atom. The zero-order chi connectivity index (χ0) is 33.4. The predicted octanol–water partition coefficient (Wildman–Crippen LogP) is 5.06. The van der Waals surface area contributed by atoms with Gasteiger partial charge >= 0.3 is 11.9 Å². The number of rotatable bonds is 4. The molecule has 19 heteroatoms. The average Bonchev–Trinajstić information content (AvgIpc) is 2.73. The SMILES string of the molecule is C.C.C.CC1(C(=O)O)CC(F)(F)C1.CNC(=O)C1(C)CC(F)(F)C1.CNC(=O)C1(N)CC(F)(F)C1.Cl.NC1(C(=O)O)CC(F)(F)C1. The van der Waals surface area contributed by atoms with E-state index < -0.39 is 102 Å². The Kier molecular flexibility index (Phi) is 17.6. The second-order valence-corrected chi connectivity index (χ2v) is 12.0. The zero-order valence-electron chi connectivity index (χ0n) is 23.8. The standard InChI is InChI=1S/C7H11F2NO.C6H10F2N2O.C6H8F2O2.C5H7F2NO2.3CH4.ClH/c1-6(5(11)10-2)3-7(8,9)4-6;1-10-4(11)5(9)2-6(7,8)3-5;1-5(4(9)10)2-6(7,8)3-5;6-5(7)1-4(8,2-5)3(9)10;;;;/h3-4H2,1-2H3,(H,10,11);2-3,9H2,1H3,(H,10,11);2-3H2,1H3,(H,9,10);1-2,8H2,(H,9,10);3*1H4;1H. The van der Waals surface area contributed by atoms with Crippen LogP contribution in [0.4, 0.5) is 35.1 Å². The number of carbonyl (C=O) groups is 4. The summed E-state index contributed by atoms with van der Waals surface area (Å²) in [5.41, 5.74) is 5.36. The highest BCUT2D eigenvalue weighted by molar-refractivity contribution is 5.87. The lowest BCUT2D eigenvalue weighted by Gasteiger charge is -2.42. The van der Waals surface area contributed by atoms with Crippen LogP contribution in [0.2, 0.25) is 0 Å². The molecule has 4 fully saturated rings. The first-order valence-electron chi connectivity index (χ1n) is 12.5. The number of alkyl halides is 8. The molecule has 8 N–H and O–H groups in total. The minimum atomic E-state index is -2.87. The summed E-state index contributed by atoms with van der Waals surface area (Å²) in [6.07, 6.45) is -4.24. The van der Waals surface area contributed by atoms with E-state index in [9.17, 15) is 54.3 Å². The van der Waals surface area contributed by atoms with Crippen molar-refractivity contribution in [3.63, 3.8) is 0 Å². The smallest absolute Gasteiger partial charge is 0.324 e. The first kappa shape index (κ1) is 50.4. The molecule has 4 saturated carbocycles. The van der Waals surface area contributed by atoms with Crippen LogP contribution in [0.25, 0.3) is 0 Å². The molecule has 0 atom stereocenters. The molecule has 0 bridgehead atoms. The molecule has 0 radical (unpaired) electrons. The van der Waals surface area contributed by atoms with Crippen molar-refractivity contribution in [2.45, 2.75) is 122 Å². The molecule has 46 heavy (non-hydrogen) atoms. The second kappa shape index (κ2) is 16.1. The summed E-state index contributed by atoms with van der Waals surface area (Å²) >= 11 is 0. The van der Waals surface area contributed by atoms with Gasteiger partial charge in [0, 0.05) is 65.5 Å². The van der Waals surface area contributed by atoms with E-state index in [1.165, 1.54) is 21.0 Å². The Balaban J connectivity index is -0.000000249. The summed E-state index contributed by atoms with van der Waals surface area (Å²) < 4.78 is 97.6. The maximum absolute atomic E-state index is 12.4. The Labute approximate surface area is 270 Å². The highest BCUT2D eigenvalue weighted by atomic mass is 35.5. The number of nitrogens with two attached hydrogens (primary N) is 2. The van der Waals surface area contributed by atoms with Gasteiger partial charge in [0.1, 0.15) is 11.1 Å². The number of nitrogens with one attached hydrogen (secondary N) is 2. The van der Waals surface area contributed by atoms with Crippen molar-refractivity contribution in [3.8, 4) is 0 Å². The van der Waals surface area contributed by atoms with E-state index in [0.717, 1.165) is 0 Å². The van der Waals surface area contributed by atoms with Crippen LogP contribution in [-0.2, 0) is 19.2 Å². The number of carboxylic acid groups (broad SMARTS) is 2. The maximum atomic E-state index is 12.4. The molecule has 4 aliphatic rings. The van der Waals surface area contributed by atoms with E-state index in [2.05, 4.69) is 10.6 Å². The zero-order valence-corrected chi connectivity index (χ0v) is 24.6. The van der Waals surface area contributed by atoms with Gasteiger partial charge in [-0.05, 0) is 6.92 Å². The van der Waals surface area contributed by atoms with Gasteiger partial charge in [0.05, 0.1) is 10.8 Å². The van der Waals surface area contributed by atoms with Crippen molar-refractivity contribution in [2.24, 2.45) is 22.3 Å². The van der Waals surface area contributed by atoms with E-state index in [4.69, 9.17) is 21.7 Å². The number of carbonyl (C=O) groups excluding carboxylic acids is 2. The van der Waals surface area contributed by atoms with Gasteiger partial charge in [-0.25, -0.2) is 35.1 Å². The fourth-order valence-electron chi connectivity index (χ4n) is 5.10. The first-order chi connectivity index (χ1) is 18.5. The molecule has 0 aromatic heterocycles. The highest BCUT2D eigenvalue weighted by Gasteiger charge is 2.60. The van der Waals surface area contributed by atoms with Crippen molar-refractivity contribution in [1.29, 1.82) is 0 Å². The number of hydrogen-bond acceptors (Lipinski definition) is 6. The minimum Gasteiger partial charge on any atom is -0.481 e. The summed E-state index contributed by atoms with van der Waals surface area (Å²) in [7, 11) is 2.84. The third kappa shape index (κ3) is 12.6. The summed E-state index contributed by atoms with van der Waals surface area (Å²) in [4.78, 5) is 42.2. The summed E-state index contributed by atoms with van der Waals surface area (Å²) in [6.45, 7) is 2.90. The molecule has 0 aromatic rings. The van der Waals surface area contributed by atoms with Crippen molar-refractivity contribution in [2.75, 3.05) is 14.1 Å². The molecular formula is C27H49ClF8N4O6. The Morgan fingerprint density at radius 1 is 0.522 bits per heavy atom. The van der Waals surface area contributed by atoms with Crippen molar-refractivity contribution < 1.29 is 64.5 Å². The van der Waals surface area contributed by atoms with Crippen LogP contribution in [0.5, 0.6) is 0 Å². The van der Waals surface area contributed by atoms with Crippen LogP contribution >= 0.6 is 12.4 Å². The molecular weight excluding hydrogens is 664 g/mol. The second-order valence-electron chi connectivity index (χ2n) is 12.0. The van der Waals surface area contributed by atoms with Gasteiger partial charge in [0.15, 0.2) is 0 Å². The molecule has 0 unspecified atom stereocenters. The minimum absolute atomic E-state index is 0. The van der Waals surface area contributed by atoms with Gasteiger partial charge < -0.3 is 32.3 Å². The quantitative estimate of drug-likeness (QED) is 0.219. The van der Waals surface area contributed by atoms with Crippen LogP contribution in [0.1, 0.15) is 87.5 Å². The van der Waals surface area contributed by atoms with Crippen molar-refractivity contribution >= 4 is 36.2 Å². The number of aliphatic carboxylic acids is 2. The van der Waals surface area contributed by atoms with Crippen molar-refractivity contribution in [3.05, 3.63) is 0 Å². The normalized spacial score (nSPS) is 24.0. The molecule has 10 nitrogen and oxygen atoms in total. The number of likely N-dealkylation sites (N-methyl/N-ethyl adjacent to an activating group) is 1. The van der Waals surface area contributed by atoms with E-state index in [1.807, 2.05) is 0 Å². The highest BCUT2D eigenvalue weighted by Crippen LogP contribution is 2.52. The van der Waals surface area contributed by atoms with Crippen LogP contribution < -0.4 is 22.1 Å². The summed E-state index contributed by atoms with van der Waals surface area (Å²) in [5.74, 6) is -14.3. The monoisotopic (exact) mass is 712 g/mol. The molecule has 4 rings (SSSR count). The number of hydrogen-bond donors (Lipinski definition) is 6. The Morgan fingerprint density at radius 2 is 0.783 bits per heavy atom. The molecule has 0 aromatic carbocycles. The lowest BCUT2D eigenvalue weighted by molar-refractivity contribution is -0.189. The van der Waals surface area contributed by atoms with Crippen molar-refractivity contribution in [1.82, 2.24) is 10.6 Å². The Hall–Kier alpha value is -2.47. The van der Waals surface area contributed by atoms with Crippen LogP contribution in [0.3, 0.4) is 0 Å². The van der Waals surface area contributed by atoms with E-state index in [1.54, 1.807) is 6.92 Å². The maximum Gasteiger partial charge on any atom is 0.324 e. The predicted molar refractivity (Wildman–Crippen MR) is 158 cm³/mol. The molecule has 4 aliphatic carbocycles. The van der Waals surface area contributed by atoms with Gasteiger partial charge in [-0.3, -0.25) is 19.2 Å². The average molecular weight is 713 g/mol. The lowest BCUT2D eigenvalue weighted by atomic mass is 9.67. The first-order valence-corrected chi connectivity index (χ1v) is 12.5. The van der Waals surface area contributed by atoms with Crippen LogP contribution in [0, 0.1) is 10.8 Å². The molecule has 0 aliphatic heterocycles. The molecule has 276 valence electrons. The van der Waals surface area contributed by atoms with Gasteiger partial charge in [-0.15, -0.1) is 12.4 Å². The molecule has 0 spiro atoms. The topological polar surface area (TPSA) is 185 Å². The lowest BCUT2D eigenvalue weighted by Crippen LogP contribution is -2.65. The fraction of sp³-hybridized carbons (Fsp3) is 0.852. The fourth-order valence-corrected chi connectivity index (χ4v) is 5.10. The van der Waals surface area contributed by atoms with Gasteiger partial charge in [0.25, 0.3) is 11.8 Å². The number of amides is 2. The van der Waals surface area contributed by atoms with Crippen LogP contribution in [-0.4, -0.2) is 82.8 Å². The summed E-state index contributed by atoms with van der Waals surface area (Å²) in [6, 6.07) is 0. The number of halogens is 9. The molecule has 0 heterocycles. The number of carboxylic acids is 2. The third-order valence-corrected chi connectivity index (χ3v) is 7.29. The van der Waals surface area contributed by atoms with E-state index in [-0.39, 0.29) is 53.4 Å². The van der Waals surface area contributed by atoms with Gasteiger partial charge in [-0.2, -0.15) is 0 Å². The molecule has 2 amide bonds. The van der Waals surface area contributed by atoms with Gasteiger partial charge in [0.2, 0.25) is 23.7 Å².